The molecule has 6 heteroatoms. The first-order valence-corrected chi connectivity index (χ1v) is 8.83. The van der Waals surface area contributed by atoms with E-state index in [4.69, 9.17) is 0 Å². The maximum absolute atomic E-state index is 12.7. The molecule has 0 aromatic carbocycles. The Bertz CT molecular complexity index is 381. The van der Waals surface area contributed by atoms with E-state index in [1.165, 1.54) is 0 Å². The standard InChI is InChI=1S/C13H26N2O3S/c1-2-7-14(9-12-5-6-12)19(17,18)15-8-3-4-13(10-15)11-16/h12-13,16H,2-11H2,1H3. The maximum atomic E-state index is 12.7. The van der Waals surface area contributed by atoms with Gasteiger partial charge in [-0.15, -0.1) is 0 Å². The van der Waals surface area contributed by atoms with E-state index >= 15 is 0 Å². The van der Waals surface area contributed by atoms with Gasteiger partial charge in [-0.2, -0.15) is 17.0 Å². The van der Waals surface area contributed by atoms with E-state index in [0.29, 0.717) is 32.1 Å². The third kappa shape index (κ3) is 3.90. The summed E-state index contributed by atoms with van der Waals surface area (Å²) in [6.45, 7) is 4.47. The van der Waals surface area contributed by atoms with E-state index in [0.717, 1.165) is 32.1 Å². The van der Waals surface area contributed by atoms with Crippen LogP contribution < -0.4 is 0 Å². The summed E-state index contributed by atoms with van der Waals surface area (Å²) in [7, 11) is -3.33. The van der Waals surface area contributed by atoms with Gasteiger partial charge in [0.15, 0.2) is 0 Å². The Morgan fingerprint density at radius 3 is 2.58 bits per heavy atom. The highest BCUT2D eigenvalue weighted by Gasteiger charge is 2.36. The van der Waals surface area contributed by atoms with Gasteiger partial charge in [0.1, 0.15) is 0 Å². The van der Waals surface area contributed by atoms with Gasteiger partial charge in [-0.25, -0.2) is 0 Å². The highest BCUT2D eigenvalue weighted by Crippen LogP contribution is 2.31. The lowest BCUT2D eigenvalue weighted by Crippen LogP contribution is -2.49. The lowest BCUT2D eigenvalue weighted by Gasteiger charge is -2.35. The Kier molecular flexibility index (Phi) is 5.22. The van der Waals surface area contributed by atoms with Crippen LogP contribution in [0.5, 0.6) is 0 Å². The Morgan fingerprint density at radius 1 is 1.26 bits per heavy atom. The molecule has 5 nitrogen and oxygen atoms in total. The summed E-state index contributed by atoms with van der Waals surface area (Å²) in [6, 6.07) is 0. The predicted molar refractivity (Wildman–Crippen MR) is 74.9 cm³/mol. The molecule has 0 radical (unpaired) electrons. The van der Waals surface area contributed by atoms with Crippen LogP contribution in [0.3, 0.4) is 0 Å². The number of piperidine rings is 1. The monoisotopic (exact) mass is 290 g/mol. The average molecular weight is 290 g/mol. The third-order valence-corrected chi connectivity index (χ3v) is 5.99. The molecule has 1 atom stereocenters. The first-order valence-electron chi connectivity index (χ1n) is 7.44. The maximum Gasteiger partial charge on any atom is 0.281 e. The molecule has 0 bridgehead atoms. The topological polar surface area (TPSA) is 60.9 Å². The summed E-state index contributed by atoms with van der Waals surface area (Å²) in [4.78, 5) is 0. The van der Waals surface area contributed by atoms with Gasteiger partial charge in [-0.05, 0) is 43.9 Å². The summed E-state index contributed by atoms with van der Waals surface area (Å²) in [5.74, 6) is 0.674. The second-order valence-electron chi connectivity index (χ2n) is 5.86. The smallest absolute Gasteiger partial charge is 0.281 e. The molecular weight excluding hydrogens is 264 g/mol. The second-order valence-corrected chi connectivity index (χ2v) is 7.79. The van der Waals surface area contributed by atoms with E-state index in [9.17, 15) is 13.5 Å². The van der Waals surface area contributed by atoms with E-state index in [1.54, 1.807) is 8.61 Å². The number of hydrogen-bond acceptors (Lipinski definition) is 3. The molecule has 2 fully saturated rings. The van der Waals surface area contributed by atoms with Crippen molar-refractivity contribution in [3.05, 3.63) is 0 Å². The van der Waals surface area contributed by atoms with Crippen LogP contribution in [0.2, 0.25) is 0 Å². The van der Waals surface area contributed by atoms with Gasteiger partial charge in [0.2, 0.25) is 0 Å². The molecule has 0 spiro atoms. The van der Waals surface area contributed by atoms with Crippen molar-refractivity contribution >= 4 is 10.2 Å². The summed E-state index contributed by atoms with van der Waals surface area (Å²) in [6.07, 6.45) is 4.96. The largest absolute Gasteiger partial charge is 0.396 e. The molecule has 1 aliphatic carbocycles. The van der Waals surface area contributed by atoms with Crippen LogP contribution >= 0.6 is 0 Å². The first-order chi connectivity index (χ1) is 9.07. The summed E-state index contributed by atoms with van der Waals surface area (Å²) >= 11 is 0. The molecule has 0 aromatic heterocycles. The molecular formula is C13H26N2O3S. The lowest BCUT2D eigenvalue weighted by atomic mass is 10.0. The number of aliphatic hydroxyl groups excluding tert-OH is 1. The Labute approximate surface area is 116 Å². The highest BCUT2D eigenvalue weighted by atomic mass is 32.2. The molecule has 1 unspecified atom stereocenters. The molecule has 0 aromatic rings. The minimum Gasteiger partial charge on any atom is -0.396 e. The molecule has 1 aliphatic heterocycles. The molecule has 1 saturated heterocycles. The Hall–Kier alpha value is -0.170. The van der Waals surface area contributed by atoms with Gasteiger partial charge in [0.05, 0.1) is 0 Å². The molecule has 0 amide bonds. The van der Waals surface area contributed by atoms with Crippen molar-refractivity contribution in [1.29, 1.82) is 0 Å². The van der Waals surface area contributed by atoms with E-state index in [2.05, 4.69) is 0 Å². The van der Waals surface area contributed by atoms with Crippen LogP contribution in [0.25, 0.3) is 0 Å². The molecule has 1 N–H and O–H groups in total. The number of hydrogen-bond donors (Lipinski definition) is 1. The van der Waals surface area contributed by atoms with Crippen molar-refractivity contribution in [2.24, 2.45) is 11.8 Å². The van der Waals surface area contributed by atoms with Crippen molar-refractivity contribution in [2.75, 3.05) is 32.8 Å². The fourth-order valence-corrected chi connectivity index (χ4v) is 4.59. The van der Waals surface area contributed by atoms with Crippen LogP contribution in [0.15, 0.2) is 0 Å². The van der Waals surface area contributed by atoms with Crippen molar-refractivity contribution in [2.45, 2.75) is 39.0 Å². The van der Waals surface area contributed by atoms with Crippen molar-refractivity contribution in [3.8, 4) is 0 Å². The van der Waals surface area contributed by atoms with Gasteiger partial charge in [-0.1, -0.05) is 6.92 Å². The number of rotatable bonds is 7. The zero-order valence-electron chi connectivity index (χ0n) is 11.8. The van der Waals surface area contributed by atoms with Crippen LogP contribution in [0, 0.1) is 11.8 Å². The van der Waals surface area contributed by atoms with Crippen LogP contribution in [0.1, 0.15) is 39.0 Å². The average Bonchev–Trinajstić information content (AvgIpc) is 3.22. The number of nitrogens with zero attached hydrogens (tertiary/aromatic N) is 2. The summed E-state index contributed by atoms with van der Waals surface area (Å²) in [5.41, 5.74) is 0. The SMILES string of the molecule is CCCN(CC1CC1)S(=O)(=O)N1CCCC(CO)C1. The zero-order valence-corrected chi connectivity index (χ0v) is 12.6. The van der Waals surface area contributed by atoms with Crippen LogP contribution in [-0.4, -0.2) is 54.9 Å². The highest BCUT2D eigenvalue weighted by molar-refractivity contribution is 7.86. The quantitative estimate of drug-likeness (QED) is 0.762. The van der Waals surface area contributed by atoms with Gasteiger partial charge in [0.25, 0.3) is 10.2 Å². The van der Waals surface area contributed by atoms with Gasteiger partial charge < -0.3 is 5.11 Å². The fraction of sp³-hybridized carbons (Fsp3) is 1.00. The van der Waals surface area contributed by atoms with E-state index in [1.807, 2.05) is 6.92 Å². The van der Waals surface area contributed by atoms with Crippen molar-refractivity contribution < 1.29 is 13.5 Å². The molecule has 2 rings (SSSR count). The Balaban J connectivity index is 2.04. The fourth-order valence-electron chi connectivity index (χ4n) is 2.69. The molecule has 19 heavy (non-hydrogen) atoms. The normalized spacial score (nSPS) is 25.9. The minimum atomic E-state index is -3.33. The van der Waals surface area contributed by atoms with Crippen molar-refractivity contribution in [1.82, 2.24) is 8.61 Å². The van der Waals surface area contributed by atoms with Crippen LogP contribution in [-0.2, 0) is 10.2 Å². The molecule has 1 saturated carbocycles. The minimum absolute atomic E-state index is 0.0857. The molecule has 112 valence electrons. The van der Waals surface area contributed by atoms with E-state index < -0.39 is 10.2 Å². The van der Waals surface area contributed by atoms with Gasteiger partial charge in [0, 0.05) is 32.8 Å². The molecule has 2 aliphatic rings. The van der Waals surface area contributed by atoms with Crippen LogP contribution in [0.4, 0.5) is 0 Å². The van der Waals surface area contributed by atoms with Gasteiger partial charge in [-0.3, -0.25) is 0 Å². The Morgan fingerprint density at radius 2 is 2.00 bits per heavy atom. The van der Waals surface area contributed by atoms with Crippen molar-refractivity contribution in [3.63, 3.8) is 0 Å². The second kappa shape index (κ2) is 6.52. The van der Waals surface area contributed by atoms with Gasteiger partial charge >= 0.3 is 0 Å². The summed E-state index contributed by atoms with van der Waals surface area (Å²) < 4.78 is 28.6. The summed E-state index contributed by atoms with van der Waals surface area (Å²) in [5, 5.41) is 9.24. The third-order valence-electron chi connectivity index (χ3n) is 4.02. The number of aliphatic hydroxyl groups is 1. The predicted octanol–water partition coefficient (Wildman–Crippen LogP) is 1.06. The van der Waals surface area contributed by atoms with E-state index in [-0.39, 0.29) is 12.5 Å². The zero-order chi connectivity index (χ0) is 13.9. The lowest BCUT2D eigenvalue weighted by molar-refractivity contribution is 0.160. The molecule has 1 heterocycles. The first kappa shape index (κ1) is 15.2.